The van der Waals surface area contributed by atoms with E-state index < -0.39 is 22.1 Å². The van der Waals surface area contributed by atoms with Crippen LogP contribution in [0.1, 0.15) is 11.1 Å². The molecule has 0 saturated heterocycles. The van der Waals surface area contributed by atoms with Crippen molar-refractivity contribution < 1.29 is 21.6 Å². The van der Waals surface area contributed by atoms with Gasteiger partial charge in [-0.3, -0.25) is 0 Å². The molecule has 0 radical (unpaired) electrons. The van der Waals surface area contributed by atoms with Gasteiger partial charge in [0.2, 0.25) is 0 Å². The maximum atomic E-state index is 12.0. The van der Waals surface area contributed by atoms with Crippen LogP contribution in [0.25, 0.3) is 6.08 Å². The lowest BCUT2D eigenvalue weighted by Crippen LogP contribution is -2.35. The maximum absolute atomic E-state index is 12.0. The van der Waals surface area contributed by atoms with Crippen LogP contribution in [0.2, 0.25) is 0 Å². The number of halogens is 3. The van der Waals surface area contributed by atoms with Crippen molar-refractivity contribution in [2.24, 2.45) is 0 Å². The molecule has 0 bridgehead atoms. The summed E-state index contributed by atoms with van der Waals surface area (Å²) >= 11 is 0. The summed E-state index contributed by atoms with van der Waals surface area (Å²) in [5.74, 6) is 0. The first kappa shape index (κ1) is 13.7. The van der Waals surface area contributed by atoms with Crippen molar-refractivity contribution >= 4 is 16.1 Å². The number of rotatable bonds is 4. The van der Waals surface area contributed by atoms with Gasteiger partial charge in [-0.25, -0.2) is 13.1 Å². The van der Waals surface area contributed by atoms with Gasteiger partial charge in [0.15, 0.2) is 0 Å². The second-order valence-electron chi connectivity index (χ2n) is 3.22. The van der Waals surface area contributed by atoms with Gasteiger partial charge < -0.3 is 0 Å². The van der Waals surface area contributed by atoms with Crippen molar-refractivity contribution in [1.29, 1.82) is 0 Å². The molecule has 0 heterocycles. The van der Waals surface area contributed by atoms with Crippen molar-refractivity contribution in [3.8, 4) is 0 Å². The predicted molar refractivity (Wildman–Crippen MR) is 58.3 cm³/mol. The molecule has 17 heavy (non-hydrogen) atoms. The van der Waals surface area contributed by atoms with Crippen LogP contribution in [0.5, 0.6) is 0 Å². The van der Waals surface area contributed by atoms with Gasteiger partial charge >= 0.3 is 15.5 Å². The summed E-state index contributed by atoms with van der Waals surface area (Å²) in [6.45, 7) is 3.09. The van der Waals surface area contributed by atoms with Gasteiger partial charge in [-0.2, -0.15) is 13.2 Å². The van der Waals surface area contributed by atoms with Crippen LogP contribution in [0, 0.1) is 0 Å². The normalized spacial score (nSPS) is 12.4. The Kier molecular flexibility index (Phi) is 3.94. The molecule has 1 rings (SSSR count). The third-order valence-corrected chi connectivity index (χ3v) is 3.09. The minimum atomic E-state index is -5.29. The Morgan fingerprint density at radius 1 is 1.35 bits per heavy atom. The van der Waals surface area contributed by atoms with Crippen molar-refractivity contribution in [3.63, 3.8) is 0 Å². The van der Waals surface area contributed by atoms with Crippen molar-refractivity contribution in [2.75, 3.05) is 0 Å². The zero-order chi connectivity index (χ0) is 13.1. The van der Waals surface area contributed by atoms with E-state index in [0.717, 1.165) is 0 Å². The third-order valence-electron chi connectivity index (χ3n) is 1.96. The summed E-state index contributed by atoms with van der Waals surface area (Å²) in [5, 5.41) is 0. The number of hydrogen-bond acceptors (Lipinski definition) is 2. The molecule has 0 aromatic heterocycles. The third kappa shape index (κ3) is 3.57. The highest BCUT2D eigenvalue weighted by atomic mass is 32.2. The molecule has 0 unspecified atom stereocenters. The minimum absolute atomic E-state index is 0.413. The smallest absolute Gasteiger partial charge is 0.203 e. The Morgan fingerprint density at radius 2 is 2.00 bits per heavy atom. The highest BCUT2D eigenvalue weighted by Gasteiger charge is 2.45. The molecular weight excluding hydrogens is 255 g/mol. The highest BCUT2D eigenvalue weighted by molar-refractivity contribution is 7.90. The number of nitrogens with one attached hydrogen (secondary N) is 1. The van der Waals surface area contributed by atoms with Gasteiger partial charge in [-0.15, -0.1) is 0 Å². The molecule has 0 aliphatic rings. The number of alkyl halides is 3. The molecule has 0 atom stereocenters. The maximum Gasteiger partial charge on any atom is 0.511 e. The first-order chi connectivity index (χ1) is 7.76. The van der Waals surface area contributed by atoms with E-state index in [9.17, 15) is 21.6 Å². The molecule has 0 saturated carbocycles. The summed E-state index contributed by atoms with van der Waals surface area (Å²) in [7, 11) is -5.29. The topological polar surface area (TPSA) is 46.2 Å². The van der Waals surface area contributed by atoms with E-state index in [-0.39, 0.29) is 0 Å². The second kappa shape index (κ2) is 4.89. The predicted octanol–water partition coefficient (Wildman–Crippen LogP) is 2.27. The monoisotopic (exact) mass is 265 g/mol. The molecule has 0 spiro atoms. The van der Waals surface area contributed by atoms with Crippen LogP contribution >= 0.6 is 0 Å². The zero-order valence-electron chi connectivity index (χ0n) is 8.66. The van der Waals surface area contributed by atoms with E-state index in [0.29, 0.717) is 11.1 Å². The lowest BCUT2D eigenvalue weighted by Gasteiger charge is -2.09. The molecule has 0 amide bonds. The Morgan fingerprint density at radius 3 is 2.53 bits per heavy atom. The fourth-order valence-corrected chi connectivity index (χ4v) is 1.61. The standard InChI is InChI=1S/C10H10F3NO2S/c1-2-8-4-3-5-9(6-8)7-14-17(15,16)10(11,12)13/h2-6,14H,1,7H2. The minimum Gasteiger partial charge on any atom is -0.203 e. The molecule has 1 N–H and O–H groups in total. The van der Waals surface area contributed by atoms with Crippen LogP contribution in [-0.2, 0) is 16.6 Å². The summed E-state index contributed by atoms with van der Waals surface area (Å²) in [6.07, 6.45) is 1.52. The van der Waals surface area contributed by atoms with Crippen LogP contribution < -0.4 is 4.72 Å². The van der Waals surface area contributed by atoms with Gasteiger partial charge in [-0.1, -0.05) is 36.9 Å². The fourth-order valence-electron chi connectivity index (χ4n) is 1.09. The average Bonchev–Trinajstić information content (AvgIpc) is 2.25. The van der Waals surface area contributed by atoms with Gasteiger partial charge in [0, 0.05) is 6.54 Å². The zero-order valence-corrected chi connectivity index (χ0v) is 9.48. The number of hydrogen-bond donors (Lipinski definition) is 1. The Hall–Kier alpha value is -1.34. The van der Waals surface area contributed by atoms with E-state index >= 15 is 0 Å². The summed E-state index contributed by atoms with van der Waals surface area (Å²) < 4.78 is 59.0. The highest BCUT2D eigenvalue weighted by Crippen LogP contribution is 2.21. The lowest BCUT2D eigenvalue weighted by atomic mass is 10.1. The van der Waals surface area contributed by atoms with Gasteiger partial charge in [-0.05, 0) is 11.1 Å². The molecule has 94 valence electrons. The van der Waals surface area contributed by atoms with Crippen LogP contribution in [-0.4, -0.2) is 13.9 Å². The SMILES string of the molecule is C=Cc1cccc(CNS(=O)(=O)C(F)(F)F)c1. The molecular formula is C10H10F3NO2S. The molecule has 1 aromatic rings. The van der Waals surface area contributed by atoms with Crippen molar-refractivity contribution in [1.82, 2.24) is 4.72 Å². The molecule has 3 nitrogen and oxygen atoms in total. The largest absolute Gasteiger partial charge is 0.511 e. The molecule has 7 heteroatoms. The second-order valence-corrected chi connectivity index (χ2v) is 4.98. The van der Waals surface area contributed by atoms with Gasteiger partial charge in [0.25, 0.3) is 0 Å². The van der Waals surface area contributed by atoms with Crippen LogP contribution in [0.3, 0.4) is 0 Å². The summed E-state index contributed by atoms with van der Waals surface area (Å²) in [4.78, 5) is 0. The first-order valence-electron chi connectivity index (χ1n) is 4.53. The molecule has 0 aliphatic heterocycles. The van der Waals surface area contributed by atoms with Gasteiger partial charge in [0.1, 0.15) is 0 Å². The van der Waals surface area contributed by atoms with Crippen LogP contribution in [0.4, 0.5) is 13.2 Å². The first-order valence-corrected chi connectivity index (χ1v) is 6.02. The van der Waals surface area contributed by atoms with E-state index in [4.69, 9.17) is 0 Å². The Balaban J connectivity index is 2.78. The quantitative estimate of drug-likeness (QED) is 0.907. The molecule has 1 aromatic carbocycles. The number of benzene rings is 1. The van der Waals surface area contributed by atoms with Crippen molar-refractivity contribution in [2.45, 2.75) is 12.1 Å². The van der Waals surface area contributed by atoms with E-state index in [1.807, 2.05) is 0 Å². The average molecular weight is 265 g/mol. The fraction of sp³-hybridized carbons (Fsp3) is 0.200. The van der Waals surface area contributed by atoms with Gasteiger partial charge in [0.05, 0.1) is 0 Å². The molecule has 0 aliphatic carbocycles. The van der Waals surface area contributed by atoms with E-state index in [1.165, 1.54) is 16.9 Å². The van der Waals surface area contributed by atoms with E-state index in [2.05, 4.69) is 6.58 Å². The Bertz CT molecular complexity index is 509. The lowest BCUT2D eigenvalue weighted by molar-refractivity contribution is -0.0448. The number of sulfonamides is 1. The van der Waals surface area contributed by atoms with E-state index in [1.54, 1.807) is 18.2 Å². The molecule has 0 fully saturated rings. The van der Waals surface area contributed by atoms with Crippen LogP contribution in [0.15, 0.2) is 30.8 Å². The Labute approximate surface area is 97.0 Å². The summed E-state index contributed by atoms with van der Waals surface area (Å²) in [6, 6.07) is 6.38. The van der Waals surface area contributed by atoms with Crippen molar-refractivity contribution in [3.05, 3.63) is 42.0 Å². The summed E-state index contributed by atoms with van der Waals surface area (Å²) in [5.41, 5.74) is -4.16.